The van der Waals surface area contributed by atoms with Crippen LogP contribution in [0.1, 0.15) is 24.2 Å². The first-order valence-electron chi connectivity index (χ1n) is 5.81. The van der Waals surface area contributed by atoms with Gasteiger partial charge in [0.05, 0.1) is 10.6 Å². The first-order valence-corrected chi connectivity index (χ1v) is 6.19. The van der Waals surface area contributed by atoms with Crippen molar-refractivity contribution in [2.45, 2.75) is 19.9 Å². The number of benzene rings is 1. The lowest BCUT2D eigenvalue weighted by Gasteiger charge is -2.11. The lowest BCUT2D eigenvalue weighted by atomic mass is 10.1. The van der Waals surface area contributed by atoms with Crippen molar-refractivity contribution in [3.8, 4) is 5.69 Å². The number of carbonyl (C=O) groups excluding carboxylic acids is 1. The normalized spacial score (nSPS) is 10.7. The van der Waals surface area contributed by atoms with Gasteiger partial charge in [0.2, 0.25) is 0 Å². The molecule has 0 unspecified atom stereocenters. The Balaban J connectivity index is 2.36. The van der Waals surface area contributed by atoms with Gasteiger partial charge in [-0.3, -0.25) is 4.79 Å². The van der Waals surface area contributed by atoms with E-state index < -0.39 is 0 Å². The standard InChI is InChI=1S/C14H15ClN2O/c1-10(2)16-14(18)12-9-11(5-6-13(12)15)17-7-3-4-8-17/h3-10H,1-2H3,(H,16,18). The summed E-state index contributed by atoms with van der Waals surface area (Å²) in [5.41, 5.74) is 1.41. The van der Waals surface area contributed by atoms with Crippen LogP contribution < -0.4 is 5.32 Å². The summed E-state index contributed by atoms with van der Waals surface area (Å²) in [4.78, 5) is 12.0. The summed E-state index contributed by atoms with van der Waals surface area (Å²) in [5, 5.41) is 3.30. The second-order valence-electron chi connectivity index (χ2n) is 4.38. The topological polar surface area (TPSA) is 34.0 Å². The fraction of sp³-hybridized carbons (Fsp3) is 0.214. The average Bonchev–Trinajstić information content (AvgIpc) is 2.82. The maximum atomic E-state index is 12.0. The fourth-order valence-corrected chi connectivity index (χ4v) is 1.90. The number of amides is 1. The van der Waals surface area contributed by atoms with Crippen molar-refractivity contribution >= 4 is 17.5 Å². The van der Waals surface area contributed by atoms with Gasteiger partial charge in [-0.05, 0) is 44.2 Å². The fourth-order valence-electron chi connectivity index (χ4n) is 1.69. The first-order chi connectivity index (χ1) is 8.58. The molecule has 0 spiro atoms. The Hall–Kier alpha value is -1.74. The number of hydrogen-bond acceptors (Lipinski definition) is 1. The summed E-state index contributed by atoms with van der Waals surface area (Å²) >= 11 is 6.07. The second kappa shape index (κ2) is 5.27. The number of nitrogens with one attached hydrogen (secondary N) is 1. The number of halogens is 1. The third-order valence-corrected chi connectivity index (χ3v) is 2.85. The van der Waals surface area contributed by atoms with Crippen molar-refractivity contribution in [3.05, 3.63) is 53.3 Å². The summed E-state index contributed by atoms with van der Waals surface area (Å²) in [6.07, 6.45) is 3.85. The minimum atomic E-state index is -0.149. The Bertz CT molecular complexity index is 547. The van der Waals surface area contributed by atoms with Gasteiger partial charge in [-0.15, -0.1) is 0 Å². The van der Waals surface area contributed by atoms with Crippen molar-refractivity contribution in [1.82, 2.24) is 9.88 Å². The Morgan fingerprint density at radius 1 is 1.28 bits per heavy atom. The molecule has 0 aliphatic rings. The monoisotopic (exact) mass is 262 g/mol. The van der Waals surface area contributed by atoms with E-state index in [-0.39, 0.29) is 11.9 Å². The van der Waals surface area contributed by atoms with Crippen molar-refractivity contribution in [1.29, 1.82) is 0 Å². The predicted octanol–water partition coefficient (Wildman–Crippen LogP) is 3.27. The molecule has 18 heavy (non-hydrogen) atoms. The van der Waals surface area contributed by atoms with Crippen LogP contribution in [0.15, 0.2) is 42.7 Å². The molecule has 0 atom stereocenters. The van der Waals surface area contributed by atoms with Crippen molar-refractivity contribution in [3.63, 3.8) is 0 Å². The molecule has 0 aliphatic heterocycles. The first kappa shape index (κ1) is 12.7. The number of rotatable bonds is 3. The molecular formula is C14H15ClN2O. The third-order valence-electron chi connectivity index (χ3n) is 2.52. The van der Waals surface area contributed by atoms with E-state index in [2.05, 4.69) is 5.32 Å². The van der Waals surface area contributed by atoms with E-state index >= 15 is 0 Å². The highest BCUT2D eigenvalue weighted by atomic mass is 35.5. The molecule has 1 N–H and O–H groups in total. The van der Waals surface area contributed by atoms with Gasteiger partial charge < -0.3 is 9.88 Å². The van der Waals surface area contributed by atoms with Crippen LogP contribution in [0, 0.1) is 0 Å². The maximum absolute atomic E-state index is 12.0. The van der Waals surface area contributed by atoms with Gasteiger partial charge in [-0.25, -0.2) is 0 Å². The van der Waals surface area contributed by atoms with Crippen LogP contribution in [0.2, 0.25) is 5.02 Å². The zero-order chi connectivity index (χ0) is 13.1. The van der Waals surface area contributed by atoms with Crippen LogP contribution in [0.5, 0.6) is 0 Å². The molecule has 2 rings (SSSR count). The van der Waals surface area contributed by atoms with E-state index in [0.717, 1.165) is 5.69 Å². The zero-order valence-electron chi connectivity index (χ0n) is 10.4. The van der Waals surface area contributed by atoms with E-state index in [0.29, 0.717) is 10.6 Å². The average molecular weight is 263 g/mol. The molecule has 1 aromatic carbocycles. The van der Waals surface area contributed by atoms with E-state index in [4.69, 9.17) is 11.6 Å². The molecule has 0 saturated carbocycles. The molecule has 2 aromatic rings. The minimum absolute atomic E-state index is 0.0869. The summed E-state index contributed by atoms with van der Waals surface area (Å²) in [6, 6.07) is 9.37. The third kappa shape index (κ3) is 2.74. The summed E-state index contributed by atoms with van der Waals surface area (Å²) in [7, 11) is 0. The minimum Gasteiger partial charge on any atom is -0.350 e. The van der Waals surface area contributed by atoms with E-state index in [9.17, 15) is 4.79 Å². The van der Waals surface area contributed by atoms with Crippen molar-refractivity contribution < 1.29 is 4.79 Å². The second-order valence-corrected chi connectivity index (χ2v) is 4.79. The predicted molar refractivity (Wildman–Crippen MR) is 73.4 cm³/mol. The number of hydrogen-bond donors (Lipinski definition) is 1. The summed E-state index contributed by atoms with van der Waals surface area (Å²) < 4.78 is 1.93. The van der Waals surface area contributed by atoms with Gasteiger partial charge in [0, 0.05) is 24.1 Å². The van der Waals surface area contributed by atoms with Crippen molar-refractivity contribution in [2.75, 3.05) is 0 Å². The SMILES string of the molecule is CC(C)NC(=O)c1cc(-n2cccc2)ccc1Cl. The van der Waals surface area contributed by atoms with Gasteiger partial charge in [0.15, 0.2) is 0 Å². The van der Waals surface area contributed by atoms with E-state index in [1.165, 1.54) is 0 Å². The Kier molecular flexibility index (Phi) is 3.72. The van der Waals surface area contributed by atoms with Gasteiger partial charge in [-0.2, -0.15) is 0 Å². The molecule has 1 aromatic heterocycles. The number of carbonyl (C=O) groups is 1. The molecule has 0 radical (unpaired) electrons. The van der Waals surface area contributed by atoms with E-state index in [1.807, 2.05) is 49.0 Å². The van der Waals surface area contributed by atoms with Gasteiger partial charge in [0.1, 0.15) is 0 Å². The molecule has 0 bridgehead atoms. The zero-order valence-corrected chi connectivity index (χ0v) is 11.1. The van der Waals surface area contributed by atoms with E-state index in [1.54, 1.807) is 12.1 Å². The largest absolute Gasteiger partial charge is 0.350 e. The highest BCUT2D eigenvalue weighted by Crippen LogP contribution is 2.20. The molecule has 3 nitrogen and oxygen atoms in total. The molecule has 0 fully saturated rings. The highest BCUT2D eigenvalue weighted by Gasteiger charge is 2.12. The van der Waals surface area contributed by atoms with Crippen LogP contribution in [0.25, 0.3) is 5.69 Å². The van der Waals surface area contributed by atoms with Crippen LogP contribution in [0.4, 0.5) is 0 Å². The Morgan fingerprint density at radius 2 is 1.94 bits per heavy atom. The lowest BCUT2D eigenvalue weighted by molar-refractivity contribution is 0.0943. The molecule has 1 heterocycles. The number of nitrogens with zero attached hydrogens (tertiary/aromatic N) is 1. The lowest BCUT2D eigenvalue weighted by Crippen LogP contribution is -2.30. The maximum Gasteiger partial charge on any atom is 0.253 e. The Morgan fingerprint density at radius 3 is 2.56 bits per heavy atom. The van der Waals surface area contributed by atoms with Crippen LogP contribution in [0.3, 0.4) is 0 Å². The summed E-state index contributed by atoms with van der Waals surface area (Å²) in [5.74, 6) is -0.149. The van der Waals surface area contributed by atoms with Crippen LogP contribution >= 0.6 is 11.6 Å². The number of aromatic nitrogens is 1. The molecule has 1 amide bonds. The van der Waals surface area contributed by atoms with Crippen LogP contribution in [-0.4, -0.2) is 16.5 Å². The molecular weight excluding hydrogens is 248 g/mol. The smallest absolute Gasteiger partial charge is 0.253 e. The van der Waals surface area contributed by atoms with Gasteiger partial charge >= 0.3 is 0 Å². The van der Waals surface area contributed by atoms with Crippen LogP contribution in [-0.2, 0) is 0 Å². The highest BCUT2D eigenvalue weighted by molar-refractivity contribution is 6.33. The quantitative estimate of drug-likeness (QED) is 0.905. The van der Waals surface area contributed by atoms with Gasteiger partial charge in [-0.1, -0.05) is 11.6 Å². The molecule has 0 saturated heterocycles. The van der Waals surface area contributed by atoms with Gasteiger partial charge in [0.25, 0.3) is 5.91 Å². The summed E-state index contributed by atoms with van der Waals surface area (Å²) in [6.45, 7) is 3.84. The molecule has 94 valence electrons. The Labute approximate surface area is 111 Å². The molecule has 4 heteroatoms. The van der Waals surface area contributed by atoms with Crippen molar-refractivity contribution in [2.24, 2.45) is 0 Å². The molecule has 0 aliphatic carbocycles.